The summed E-state index contributed by atoms with van der Waals surface area (Å²) in [4.78, 5) is 12.1. The summed E-state index contributed by atoms with van der Waals surface area (Å²) in [6.07, 6.45) is 0. The third-order valence-corrected chi connectivity index (χ3v) is 5.35. The summed E-state index contributed by atoms with van der Waals surface area (Å²) in [6, 6.07) is 13.1. The maximum atomic E-state index is 13.7. The van der Waals surface area contributed by atoms with Crippen molar-refractivity contribution in [2.24, 2.45) is 5.73 Å². The lowest BCUT2D eigenvalue weighted by Gasteiger charge is -2.27. The van der Waals surface area contributed by atoms with Crippen LogP contribution in [-0.2, 0) is 4.79 Å². The fourth-order valence-corrected chi connectivity index (χ4v) is 3.67. The Morgan fingerprint density at radius 3 is 2.32 bits per heavy atom. The number of fused-ring (bicyclic) bond motifs is 1. The van der Waals surface area contributed by atoms with Gasteiger partial charge in [-0.05, 0) is 23.8 Å². The highest BCUT2D eigenvalue weighted by atomic mass is 19.2. The highest BCUT2D eigenvalue weighted by molar-refractivity contribution is 5.74. The molecule has 0 amide bonds. The van der Waals surface area contributed by atoms with E-state index in [0.29, 0.717) is 16.9 Å². The Labute approximate surface area is 206 Å². The van der Waals surface area contributed by atoms with E-state index in [2.05, 4.69) is 4.74 Å². The van der Waals surface area contributed by atoms with Gasteiger partial charge in [0.05, 0.1) is 13.0 Å². The van der Waals surface area contributed by atoms with Crippen LogP contribution in [0.1, 0.15) is 17.0 Å². The van der Waals surface area contributed by atoms with E-state index in [1.54, 1.807) is 24.3 Å². The smallest absolute Gasteiger partial charge is 0.349 e. The molecule has 0 bridgehead atoms. The average Bonchev–Trinajstić information content (AvgIpc) is 2.89. The summed E-state index contributed by atoms with van der Waals surface area (Å²) >= 11 is 0. The molecule has 1 atom stereocenters. The zero-order chi connectivity index (χ0) is 26.9. The molecule has 0 saturated carbocycles. The predicted octanol–water partition coefficient (Wildman–Crippen LogP) is 4.59. The van der Waals surface area contributed by atoms with Gasteiger partial charge in [-0.15, -0.1) is 0 Å². The number of hydrogen-bond acceptors (Lipinski definition) is 7. The normalized spacial score (nSPS) is 14.4. The van der Waals surface area contributed by atoms with E-state index in [1.807, 2.05) is 6.07 Å². The second-order valence-electron chi connectivity index (χ2n) is 7.56. The quantitative estimate of drug-likeness (QED) is 0.167. The Morgan fingerprint density at radius 2 is 1.68 bits per heavy atom. The Bertz CT molecular complexity index is 1460. The summed E-state index contributed by atoms with van der Waals surface area (Å²) in [6.45, 7) is -1.18. The van der Waals surface area contributed by atoms with Crippen molar-refractivity contribution < 1.29 is 45.7 Å². The van der Waals surface area contributed by atoms with Crippen molar-refractivity contribution in [2.75, 3.05) is 13.7 Å². The van der Waals surface area contributed by atoms with Crippen LogP contribution in [0, 0.1) is 40.4 Å². The zero-order valence-electron chi connectivity index (χ0n) is 18.8. The number of esters is 1. The first-order valence-corrected chi connectivity index (χ1v) is 10.4. The number of nitriles is 1. The first-order chi connectivity index (χ1) is 17.7. The van der Waals surface area contributed by atoms with Crippen LogP contribution in [-0.4, -0.2) is 19.7 Å². The predicted molar refractivity (Wildman–Crippen MR) is 116 cm³/mol. The van der Waals surface area contributed by atoms with Gasteiger partial charge in [0.15, 0.2) is 12.4 Å². The summed E-state index contributed by atoms with van der Waals surface area (Å²) in [5.41, 5.74) is 7.27. The SMILES string of the molecule is COc1cccc(C2C(C#N)=C(N)Oc3cc(OC(=O)COc4c(F)c(F)c(F)c(F)c4F)ccc32)c1. The summed E-state index contributed by atoms with van der Waals surface area (Å²) in [5.74, 6) is -14.3. The van der Waals surface area contributed by atoms with Crippen molar-refractivity contribution in [1.82, 2.24) is 0 Å². The molecule has 1 heterocycles. The molecular weight excluding hydrogens is 503 g/mol. The van der Waals surface area contributed by atoms with Gasteiger partial charge < -0.3 is 24.7 Å². The van der Waals surface area contributed by atoms with Crippen LogP contribution in [0.25, 0.3) is 0 Å². The van der Waals surface area contributed by atoms with Crippen molar-refractivity contribution in [3.8, 4) is 29.1 Å². The van der Waals surface area contributed by atoms with Crippen LogP contribution < -0.4 is 24.7 Å². The van der Waals surface area contributed by atoms with E-state index in [9.17, 15) is 32.0 Å². The first kappa shape index (κ1) is 25.3. The molecule has 190 valence electrons. The monoisotopic (exact) mass is 518 g/mol. The van der Waals surface area contributed by atoms with Crippen LogP contribution in [0.5, 0.6) is 23.0 Å². The van der Waals surface area contributed by atoms with Gasteiger partial charge in [-0.3, -0.25) is 0 Å². The number of carbonyl (C=O) groups excluding carboxylic acids is 1. The standard InChI is InChI=1S/C25H15F5N2O5/c1-34-12-4-2-3-11(7-12)18-14-6-5-13(8-16(14)37-25(32)15(18)9-31)36-17(33)10-35-24-22(29)20(27)19(26)21(28)23(24)30/h2-8,18H,10,32H2,1H3. The van der Waals surface area contributed by atoms with E-state index in [1.165, 1.54) is 25.3 Å². The number of rotatable bonds is 6. The molecule has 1 aliphatic heterocycles. The molecule has 4 rings (SSSR count). The number of ether oxygens (including phenoxy) is 4. The Hall–Kier alpha value is -4.79. The molecular formula is C25H15F5N2O5. The second-order valence-corrected chi connectivity index (χ2v) is 7.56. The summed E-state index contributed by atoms with van der Waals surface area (Å²) in [5, 5.41) is 9.66. The zero-order valence-corrected chi connectivity index (χ0v) is 18.8. The fraction of sp³-hybridized carbons (Fsp3) is 0.120. The van der Waals surface area contributed by atoms with E-state index in [4.69, 9.17) is 19.9 Å². The number of halogens is 5. The topological polar surface area (TPSA) is 104 Å². The number of nitrogens with two attached hydrogens (primary N) is 1. The van der Waals surface area contributed by atoms with Crippen molar-refractivity contribution in [3.05, 3.63) is 94.1 Å². The lowest BCUT2D eigenvalue weighted by Crippen LogP contribution is -2.22. The van der Waals surface area contributed by atoms with Crippen LogP contribution >= 0.6 is 0 Å². The molecule has 37 heavy (non-hydrogen) atoms. The molecule has 0 saturated heterocycles. The number of carbonyl (C=O) groups is 1. The van der Waals surface area contributed by atoms with E-state index in [-0.39, 0.29) is 23.0 Å². The number of allylic oxidation sites excluding steroid dienone is 1. The van der Waals surface area contributed by atoms with Crippen LogP contribution in [0.2, 0.25) is 0 Å². The Morgan fingerprint density at radius 1 is 1.00 bits per heavy atom. The molecule has 0 spiro atoms. The Kier molecular flexibility index (Phi) is 6.88. The molecule has 0 aromatic heterocycles. The number of hydrogen-bond donors (Lipinski definition) is 1. The van der Waals surface area contributed by atoms with Gasteiger partial charge in [-0.2, -0.15) is 14.0 Å². The first-order valence-electron chi connectivity index (χ1n) is 10.4. The molecule has 1 aliphatic rings. The minimum absolute atomic E-state index is 0.109. The van der Waals surface area contributed by atoms with Gasteiger partial charge in [-0.25, -0.2) is 18.0 Å². The van der Waals surface area contributed by atoms with Gasteiger partial charge in [-0.1, -0.05) is 18.2 Å². The van der Waals surface area contributed by atoms with Gasteiger partial charge in [0, 0.05) is 11.6 Å². The number of benzene rings is 3. The minimum atomic E-state index is -2.36. The average molecular weight is 518 g/mol. The van der Waals surface area contributed by atoms with E-state index in [0.717, 1.165) is 0 Å². The van der Waals surface area contributed by atoms with E-state index >= 15 is 0 Å². The molecule has 1 unspecified atom stereocenters. The lowest BCUT2D eigenvalue weighted by atomic mass is 9.83. The third kappa shape index (κ3) is 4.71. The Balaban J connectivity index is 1.56. The molecule has 7 nitrogen and oxygen atoms in total. The maximum absolute atomic E-state index is 13.7. The molecule has 2 N–H and O–H groups in total. The van der Waals surface area contributed by atoms with Gasteiger partial charge in [0.2, 0.25) is 35.0 Å². The summed E-state index contributed by atoms with van der Waals surface area (Å²) < 4.78 is 87.5. The molecule has 0 aliphatic carbocycles. The number of nitrogens with zero attached hydrogens (tertiary/aromatic N) is 1. The van der Waals surface area contributed by atoms with Crippen LogP contribution in [0.3, 0.4) is 0 Å². The van der Waals surface area contributed by atoms with Crippen molar-refractivity contribution >= 4 is 5.97 Å². The fourth-order valence-electron chi connectivity index (χ4n) is 3.67. The molecule has 3 aromatic carbocycles. The summed E-state index contributed by atoms with van der Waals surface area (Å²) in [7, 11) is 1.49. The van der Waals surface area contributed by atoms with Crippen molar-refractivity contribution in [1.29, 1.82) is 5.26 Å². The lowest BCUT2D eigenvalue weighted by molar-refractivity contribution is -0.136. The van der Waals surface area contributed by atoms with Crippen LogP contribution in [0.15, 0.2) is 53.9 Å². The minimum Gasteiger partial charge on any atom is -0.497 e. The third-order valence-electron chi connectivity index (χ3n) is 5.35. The maximum Gasteiger partial charge on any atom is 0.349 e. The second kappa shape index (κ2) is 10.1. The highest BCUT2D eigenvalue weighted by Gasteiger charge is 2.32. The molecule has 0 fully saturated rings. The van der Waals surface area contributed by atoms with Crippen molar-refractivity contribution in [3.63, 3.8) is 0 Å². The highest BCUT2D eigenvalue weighted by Crippen LogP contribution is 2.44. The largest absolute Gasteiger partial charge is 0.497 e. The molecule has 0 radical (unpaired) electrons. The van der Waals surface area contributed by atoms with Gasteiger partial charge in [0.1, 0.15) is 28.9 Å². The molecule has 3 aromatic rings. The number of methoxy groups -OCH3 is 1. The van der Waals surface area contributed by atoms with Crippen LogP contribution in [0.4, 0.5) is 22.0 Å². The van der Waals surface area contributed by atoms with Gasteiger partial charge in [0.25, 0.3) is 0 Å². The van der Waals surface area contributed by atoms with E-state index < -0.39 is 53.3 Å². The van der Waals surface area contributed by atoms with Crippen molar-refractivity contribution in [2.45, 2.75) is 5.92 Å². The molecule has 12 heteroatoms. The van der Waals surface area contributed by atoms with Gasteiger partial charge >= 0.3 is 5.97 Å².